The van der Waals surface area contributed by atoms with Crippen molar-refractivity contribution in [1.29, 1.82) is 0 Å². The van der Waals surface area contributed by atoms with E-state index in [0.717, 1.165) is 30.8 Å². The van der Waals surface area contributed by atoms with E-state index < -0.39 is 12.0 Å². The van der Waals surface area contributed by atoms with E-state index in [-0.39, 0.29) is 17.9 Å². The molecular weight excluding hydrogens is 342 g/mol. The monoisotopic (exact) mass is 363 g/mol. The van der Waals surface area contributed by atoms with Gasteiger partial charge in [0.05, 0.1) is 24.8 Å². The second-order valence-electron chi connectivity index (χ2n) is 7.18. The van der Waals surface area contributed by atoms with Gasteiger partial charge >= 0.3 is 0 Å². The van der Waals surface area contributed by atoms with E-state index in [0.29, 0.717) is 5.69 Å². The Morgan fingerprint density at radius 3 is 2.26 bits per heavy atom. The standard InChI is InChI=1S/C21H21N3O3/c1-27-16-11-6-5-10-15(16)18-17-19(23-13-7-12-22(18)23)21(26)24(20(17)25)14-8-3-2-4-9-14/h2-6,8-11,17-19H,7,12-13H2,1H3/t17-,18+,19+/m0/s1. The second kappa shape index (κ2) is 6.18. The average molecular weight is 363 g/mol. The Morgan fingerprint density at radius 2 is 1.52 bits per heavy atom. The van der Waals surface area contributed by atoms with Gasteiger partial charge in [-0.15, -0.1) is 0 Å². The van der Waals surface area contributed by atoms with Gasteiger partial charge in [0.25, 0.3) is 5.91 Å². The maximum Gasteiger partial charge on any atom is 0.253 e. The predicted molar refractivity (Wildman–Crippen MR) is 100.0 cm³/mol. The molecule has 3 aliphatic heterocycles. The quantitative estimate of drug-likeness (QED) is 0.783. The van der Waals surface area contributed by atoms with Gasteiger partial charge in [0.2, 0.25) is 5.91 Å². The number of hydrogen-bond donors (Lipinski definition) is 0. The summed E-state index contributed by atoms with van der Waals surface area (Å²) in [6.45, 7) is 1.65. The Morgan fingerprint density at radius 1 is 0.852 bits per heavy atom. The molecule has 2 amide bonds. The van der Waals surface area contributed by atoms with Crippen LogP contribution in [0.4, 0.5) is 5.69 Å². The highest BCUT2D eigenvalue weighted by molar-refractivity contribution is 6.24. The molecule has 5 rings (SSSR count). The lowest BCUT2D eigenvalue weighted by Gasteiger charge is -2.30. The average Bonchev–Trinajstić information content (AvgIpc) is 3.34. The van der Waals surface area contributed by atoms with Crippen molar-refractivity contribution in [2.75, 3.05) is 25.1 Å². The molecule has 0 bridgehead atoms. The summed E-state index contributed by atoms with van der Waals surface area (Å²) in [6, 6.07) is 16.4. The fourth-order valence-electron chi connectivity index (χ4n) is 4.83. The molecule has 0 spiro atoms. The van der Waals surface area contributed by atoms with Crippen molar-refractivity contribution in [3.8, 4) is 5.75 Å². The second-order valence-corrected chi connectivity index (χ2v) is 7.18. The lowest BCUT2D eigenvalue weighted by molar-refractivity contribution is -0.126. The molecule has 27 heavy (non-hydrogen) atoms. The van der Waals surface area contributed by atoms with Gasteiger partial charge in [0, 0.05) is 18.7 Å². The number of benzene rings is 2. The summed E-state index contributed by atoms with van der Waals surface area (Å²) >= 11 is 0. The van der Waals surface area contributed by atoms with Gasteiger partial charge in [-0.1, -0.05) is 36.4 Å². The SMILES string of the molecule is COc1ccccc1[C@@H]1[C@@H]2C(=O)N(c3ccccc3)C(=O)[C@@H]2N2CCCN12. The number of hydrazine groups is 1. The number of nitrogens with zero attached hydrogens (tertiary/aromatic N) is 3. The van der Waals surface area contributed by atoms with Crippen molar-refractivity contribution in [3.63, 3.8) is 0 Å². The third kappa shape index (κ3) is 2.27. The molecule has 6 nitrogen and oxygen atoms in total. The van der Waals surface area contributed by atoms with Gasteiger partial charge in [-0.3, -0.25) is 9.59 Å². The molecule has 3 heterocycles. The Balaban J connectivity index is 1.62. The molecular formula is C21H21N3O3. The number of fused-ring (bicyclic) bond motifs is 3. The van der Waals surface area contributed by atoms with Crippen molar-refractivity contribution < 1.29 is 14.3 Å². The summed E-state index contributed by atoms with van der Waals surface area (Å²) < 4.78 is 5.57. The van der Waals surface area contributed by atoms with Crippen LogP contribution in [0, 0.1) is 5.92 Å². The fraction of sp³-hybridized carbons (Fsp3) is 0.333. The van der Waals surface area contributed by atoms with Crippen LogP contribution in [0.2, 0.25) is 0 Å². The zero-order valence-corrected chi connectivity index (χ0v) is 15.1. The van der Waals surface area contributed by atoms with Gasteiger partial charge < -0.3 is 4.74 Å². The molecule has 2 aromatic carbocycles. The van der Waals surface area contributed by atoms with E-state index in [2.05, 4.69) is 10.0 Å². The minimum atomic E-state index is -0.435. The number of anilines is 1. The molecule has 0 N–H and O–H groups in total. The number of methoxy groups -OCH3 is 1. The first-order valence-corrected chi connectivity index (χ1v) is 9.31. The third-order valence-corrected chi connectivity index (χ3v) is 5.88. The zero-order valence-electron chi connectivity index (χ0n) is 15.1. The van der Waals surface area contributed by atoms with Crippen molar-refractivity contribution in [2.45, 2.75) is 18.5 Å². The smallest absolute Gasteiger partial charge is 0.253 e. The minimum absolute atomic E-state index is 0.124. The normalized spacial score (nSPS) is 27.9. The highest BCUT2D eigenvalue weighted by atomic mass is 16.5. The number of amides is 2. The van der Waals surface area contributed by atoms with Crippen LogP contribution in [-0.2, 0) is 9.59 Å². The van der Waals surface area contributed by atoms with Crippen LogP contribution in [0.15, 0.2) is 54.6 Å². The maximum absolute atomic E-state index is 13.4. The topological polar surface area (TPSA) is 53.1 Å². The molecule has 138 valence electrons. The summed E-state index contributed by atoms with van der Waals surface area (Å²) in [7, 11) is 1.64. The first-order chi connectivity index (χ1) is 13.2. The molecule has 0 aromatic heterocycles. The molecule has 2 aromatic rings. The fourth-order valence-corrected chi connectivity index (χ4v) is 4.83. The van der Waals surface area contributed by atoms with Crippen LogP contribution in [0.5, 0.6) is 5.75 Å². The van der Waals surface area contributed by atoms with Crippen molar-refractivity contribution >= 4 is 17.5 Å². The van der Waals surface area contributed by atoms with Crippen LogP contribution < -0.4 is 9.64 Å². The van der Waals surface area contributed by atoms with Crippen molar-refractivity contribution in [2.24, 2.45) is 5.92 Å². The highest BCUT2D eigenvalue weighted by Gasteiger charge is 2.63. The van der Waals surface area contributed by atoms with Gasteiger partial charge in [0.1, 0.15) is 11.8 Å². The summed E-state index contributed by atoms with van der Waals surface area (Å²) in [5, 5.41) is 4.30. The maximum atomic E-state index is 13.4. The van der Waals surface area contributed by atoms with Crippen LogP contribution in [0.3, 0.4) is 0 Å². The summed E-state index contributed by atoms with van der Waals surface area (Å²) in [4.78, 5) is 28.1. The van der Waals surface area contributed by atoms with E-state index in [4.69, 9.17) is 4.74 Å². The molecule has 0 radical (unpaired) electrons. The van der Waals surface area contributed by atoms with Crippen LogP contribution in [0.1, 0.15) is 18.0 Å². The molecule has 3 saturated heterocycles. The van der Waals surface area contributed by atoms with Gasteiger partial charge in [-0.2, -0.15) is 0 Å². The van der Waals surface area contributed by atoms with Crippen LogP contribution in [-0.4, -0.2) is 48.1 Å². The van der Waals surface area contributed by atoms with Crippen molar-refractivity contribution in [1.82, 2.24) is 10.0 Å². The first-order valence-electron chi connectivity index (χ1n) is 9.31. The predicted octanol–water partition coefficient (Wildman–Crippen LogP) is 2.23. The Bertz CT molecular complexity index is 901. The van der Waals surface area contributed by atoms with E-state index in [1.165, 1.54) is 4.90 Å². The van der Waals surface area contributed by atoms with Gasteiger partial charge in [-0.05, 0) is 24.6 Å². The Kier molecular flexibility index (Phi) is 3.77. The Labute approximate surface area is 157 Å². The van der Waals surface area contributed by atoms with Crippen molar-refractivity contribution in [3.05, 3.63) is 60.2 Å². The summed E-state index contributed by atoms with van der Waals surface area (Å²) in [5.41, 5.74) is 1.61. The number of hydrogen-bond acceptors (Lipinski definition) is 5. The molecule has 0 saturated carbocycles. The van der Waals surface area contributed by atoms with E-state index in [1.807, 2.05) is 54.6 Å². The van der Waals surface area contributed by atoms with Gasteiger partial charge in [0.15, 0.2) is 0 Å². The van der Waals surface area contributed by atoms with Gasteiger partial charge in [-0.25, -0.2) is 14.9 Å². The Hall–Kier alpha value is -2.70. The highest BCUT2D eigenvalue weighted by Crippen LogP contribution is 2.50. The lowest BCUT2D eigenvalue weighted by Crippen LogP contribution is -2.44. The molecule has 3 fully saturated rings. The minimum Gasteiger partial charge on any atom is -0.496 e. The molecule has 0 aliphatic carbocycles. The molecule has 3 atom stereocenters. The van der Waals surface area contributed by atoms with Crippen LogP contribution in [0.25, 0.3) is 0 Å². The summed E-state index contributed by atoms with van der Waals surface area (Å²) in [5.74, 6) is 0.0877. The number of carbonyl (C=O) groups excluding carboxylic acids is 2. The number of rotatable bonds is 3. The molecule has 3 aliphatic rings. The number of carbonyl (C=O) groups is 2. The number of ether oxygens (including phenoxy) is 1. The zero-order chi connectivity index (χ0) is 18.5. The molecule has 0 unspecified atom stereocenters. The van der Waals surface area contributed by atoms with E-state index >= 15 is 0 Å². The number of para-hydroxylation sites is 2. The number of imide groups is 1. The summed E-state index contributed by atoms with van der Waals surface area (Å²) in [6.07, 6.45) is 0.988. The van der Waals surface area contributed by atoms with E-state index in [1.54, 1.807) is 7.11 Å². The van der Waals surface area contributed by atoms with Crippen LogP contribution >= 0.6 is 0 Å². The largest absolute Gasteiger partial charge is 0.496 e. The van der Waals surface area contributed by atoms with E-state index in [9.17, 15) is 9.59 Å². The first kappa shape index (κ1) is 16.5. The lowest BCUT2D eigenvalue weighted by atomic mass is 9.89. The third-order valence-electron chi connectivity index (χ3n) is 5.88. The molecule has 6 heteroatoms.